The predicted molar refractivity (Wildman–Crippen MR) is 54.7 cm³/mol. The van der Waals surface area contributed by atoms with Crippen molar-refractivity contribution in [3.63, 3.8) is 0 Å². The fourth-order valence-corrected chi connectivity index (χ4v) is 0.795. The van der Waals surface area contributed by atoms with Crippen molar-refractivity contribution in [3.05, 3.63) is 29.8 Å². The molecule has 3 nitrogen and oxygen atoms in total. The largest absolute Gasteiger partial charge is 0.399 e. The van der Waals surface area contributed by atoms with Crippen molar-refractivity contribution in [1.82, 2.24) is 0 Å². The van der Waals surface area contributed by atoms with Gasteiger partial charge in [0, 0.05) is 5.69 Å². The highest BCUT2D eigenvalue weighted by Gasteiger charge is 1.89. The Hall–Kier alpha value is -1.51. The SMILES string of the molecule is CC(C)O/N=C/c1ccc(N)cc1. The Labute approximate surface area is 78.2 Å². The van der Waals surface area contributed by atoms with Gasteiger partial charge in [-0.2, -0.15) is 0 Å². The molecule has 0 aliphatic heterocycles. The normalized spacial score (nSPS) is 11.0. The molecule has 3 heteroatoms. The Morgan fingerprint density at radius 2 is 1.92 bits per heavy atom. The lowest BCUT2D eigenvalue weighted by molar-refractivity contribution is 0.0874. The van der Waals surface area contributed by atoms with Crippen LogP contribution < -0.4 is 5.73 Å². The van der Waals surface area contributed by atoms with Crippen molar-refractivity contribution in [2.75, 3.05) is 5.73 Å². The smallest absolute Gasteiger partial charge is 0.122 e. The molecule has 1 aromatic rings. The maximum atomic E-state index is 5.53. The number of nitrogens with zero attached hydrogens (tertiary/aromatic N) is 1. The van der Waals surface area contributed by atoms with Crippen molar-refractivity contribution in [2.45, 2.75) is 20.0 Å². The van der Waals surface area contributed by atoms with Crippen LogP contribution in [0.3, 0.4) is 0 Å². The summed E-state index contributed by atoms with van der Waals surface area (Å²) in [4.78, 5) is 5.01. The second-order valence-electron chi connectivity index (χ2n) is 3.06. The summed E-state index contributed by atoms with van der Waals surface area (Å²) in [5.74, 6) is 0. The van der Waals surface area contributed by atoms with Gasteiger partial charge in [-0.15, -0.1) is 0 Å². The fourth-order valence-electron chi connectivity index (χ4n) is 0.795. The van der Waals surface area contributed by atoms with Gasteiger partial charge in [-0.1, -0.05) is 17.3 Å². The van der Waals surface area contributed by atoms with Crippen LogP contribution in [0.2, 0.25) is 0 Å². The predicted octanol–water partition coefficient (Wildman–Crippen LogP) is 2.03. The van der Waals surface area contributed by atoms with Crippen LogP contribution in [0, 0.1) is 0 Å². The van der Waals surface area contributed by atoms with Crippen LogP contribution in [-0.4, -0.2) is 12.3 Å². The lowest BCUT2D eigenvalue weighted by atomic mass is 10.2. The van der Waals surface area contributed by atoms with E-state index in [1.807, 2.05) is 38.1 Å². The van der Waals surface area contributed by atoms with Gasteiger partial charge in [0.1, 0.15) is 6.10 Å². The Morgan fingerprint density at radius 1 is 1.31 bits per heavy atom. The summed E-state index contributed by atoms with van der Waals surface area (Å²) < 4.78 is 0. The summed E-state index contributed by atoms with van der Waals surface area (Å²) in [6, 6.07) is 7.44. The van der Waals surface area contributed by atoms with E-state index in [1.165, 1.54) is 0 Å². The number of benzene rings is 1. The van der Waals surface area contributed by atoms with Crippen LogP contribution in [0.15, 0.2) is 29.4 Å². The lowest BCUT2D eigenvalue weighted by Crippen LogP contribution is -1.96. The molecule has 1 aromatic carbocycles. The maximum absolute atomic E-state index is 5.53. The molecule has 0 bridgehead atoms. The summed E-state index contributed by atoms with van der Waals surface area (Å²) in [5.41, 5.74) is 7.26. The zero-order valence-corrected chi connectivity index (χ0v) is 7.90. The summed E-state index contributed by atoms with van der Waals surface area (Å²) in [5, 5.41) is 3.80. The molecule has 2 N–H and O–H groups in total. The zero-order valence-electron chi connectivity index (χ0n) is 7.90. The van der Waals surface area contributed by atoms with E-state index in [1.54, 1.807) is 6.21 Å². The molecule has 0 saturated heterocycles. The minimum atomic E-state index is 0.116. The Balaban J connectivity index is 2.54. The van der Waals surface area contributed by atoms with Crippen molar-refractivity contribution in [3.8, 4) is 0 Å². The molecule has 0 aliphatic rings. The standard InChI is InChI=1S/C10H14N2O/c1-8(2)13-12-7-9-3-5-10(11)6-4-9/h3-8H,11H2,1-2H3/b12-7+. The van der Waals surface area contributed by atoms with E-state index < -0.39 is 0 Å². The molecule has 0 atom stereocenters. The van der Waals surface area contributed by atoms with Gasteiger partial charge in [0.05, 0.1) is 6.21 Å². The molecule has 0 radical (unpaired) electrons. The molecule has 0 unspecified atom stereocenters. The number of rotatable bonds is 3. The molecule has 0 aliphatic carbocycles. The van der Waals surface area contributed by atoms with E-state index in [0.717, 1.165) is 11.3 Å². The molecule has 0 fully saturated rings. The summed E-state index contributed by atoms with van der Waals surface area (Å²) in [7, 11) is 0. The number of oxime groups is 1. The van der Waals surface area contributed by atoms with Gasteiger partial charge < -0.3 is 10.6 Å². The van der Waals surface area contributed by atoms with E-state index >= 15 is 0 Å². The number of nitrogens with two attached hydrogens (primary N) is 1. The zero-order chi connectivity index (χ0) is 9.68. The van der Waals surface area contributed by atoms with E-state index in [-0.39, 0.29) is 6.10 Å². The van der Waals surface area contributed by atoms with Gasteiger partial charge >= 0.3 is 0 Å². The maximum Gasteiger partial charge on any atom is 0.122 e. The third-order valence-electron chi connectivity index (χ3n) is 1.41. The Bertz CT molecular complexity index is 277. The third kappa shape index (κ3) is 3.60. The molecule has 0 aromatic heterocycles. The van der Waals surface area contributed by atoms with Gasteiger partial charge in [-0.25, -0.2) is 0 Å². The average Bonchev–Trinajstić information content (AvgIpc) is 2.08. The van der Waals surface area contributed by atoms with Gasteiger partial charge in [0.25, 0.3) is 0 Å². The Morgan fingerprint density at radius 3 is 2.46 bits per heavy atom. The monoisotopic (exact) mass is 178 g/mol. The quantitative estimate of drug-likeness (QED) is 0.437. The molecule has 13 heavy (non-hydrogen) atoms. The van der Waals surface area contributed by atoms with Crippen molar-refractivity contribution < 1.29 is 4.84 Å². The van der Waals surface area contributed by atoms with Gasteiger partial charge in [-0.3, -0.25) is 0 Å². The summed E-state index contributed by atoms with van der Waals surface area (Å²) >= 11 is 0. The molecule has 1 rings (SSSR count). The molecule has 0 spiro atoms. The summed E-state index contributed by atoms with van der Waals surface area (Å²) in [6.45, 7) is 3.86. The first-order valence-corrected chi connectivity index (χ1v) is 4.23. The number of anilines is 1. The van der Waals surface area contributed by atoms with E-state index in [2.05, 4.69) is 5.16 Å². The molecular formula is C10H14N2O. The molecular weight excluding hydrogens is 164 g/mol. The highest BCUT2D eigenvalue weighted by Crippen LogP contribution is 2.03. The topological polar surface area (TPSA) is 47.6 Å². The third-order valence-corrected chi connectivity index (χ3v) is 1.41. The van der Waals surface area contributed by atoms with Crippen LogP contribution in [-0.2, 0) is 4.84 Å². The average molecular weight is 178 g/mol. The summed E-state index contributed by atoms with van der Waals surface area (Å²) in [6.07, 6.45) is 1.78. The van der Waals surface area contributed by atoms with Gasteiger partial charge in [-0.05, 0) is 31.5 Å². The lowest BCUT2D eigenvalue weighted by Gasteiger charge is -2.00. The minimum Gasteiger partial charge on any atom is -0.399 e. The number of hydrogen-bond donors (Lipinski definition) is 1. The first-order chi connectivity index (χ1) is 6.18. The van der Waals surface area contributed by atoms with Gasteiger partial charge in [0.2, 0.25) is 0 Å². The van der Waals surface area contributed by atoms with Crippen molar-refractivity contribution >= 4 is 11.9 Å². The van der Waals surface area contributed by atoms with Crippen molar-refractivity contribution in [2.24, 2.45) is 5.16 Å². The van der Waals surface area contributed by atoms with Crippen LogP contribution in [0.5, 0.6) is 0 Å². The van der Waals surface area contributed by atoms with Crippen LogP contribution >= 0.6 is 0 Å². The number of hydrogen-bond acceptors (Lipinski definition) is 3. The molecule has 70 valence electrons. The van der Waals surface area contributed by atoms with Gasteiger partial charge in [0.15, 0.2) is 0 Å². The first kappa shape index (κ1) is 9.58. The van der Waals surface area contributed by atoms with Crippen LogP contribution in [0.1, 0.15) is 19.4 Å². The second kappa shape index (κ2) is 4.50. The van der Waals surface area contributed by atoms with E-state index in [0.29, 0.717) is 0 Å². The first-order valence-electron chi connectivity index (χ1n) is 4.23. The highest BCUT2D eigenvalue weighted by atomic mass is 16.6. The minimum absolute atomic E-state index is 0.116. The molecule has 0 saturated carbocycles. The van der Waals surface area contributed by atoms with E-state index in [4.69, 9.17) is 10.6 Å². The van der Waals surface area contributed by atoms with Crippen molar-refractivity contribution in [1.29, 1.82) is 0 Å². The number of nitrogen functional groups attached to an aromatic ring is 1. The van der Waals surface area contributed by atoms with Crippen LogP contribution in [0.25, 0.3) is 0 Å². The van der Waals surface area contributed by atoms with E-state index in [9.17, 15) is 0 Å². The second-order valence-corrected chi connectivity index (χ2v) is 3.06. The van der Waals surface area contributed by atoms with Crippen LogP contribution in [0.4, 0.5) is 5.69 Å². The molecule has 0 amide bonds. The Kier molecular flexibility index (Phi) is 3.31. The molecule has 0 heterocycles. The fraction of sp³-hybridized carbons (Fsp3) is 0.300. The highest BCUT2D eigenvalue weighted by molar-refractivity contribution is 5.79.